The van der Waals surface area contributed by atoms with Crippen molar-refractivity contribution < 1.29 is 17.6 Å². The van der Waals surface area contributed by atoms with Crippen LogP contribution in [0.1, 0.15) is 75.1 Å². The largest absolute Gasteiger partial charge is 0.295 e. The number of Topliss-reactive ketones (excluding diaryl/α,β-unsaturated/α-hetero) is 1. The molecule has 30 heavy (non-hydrogen) atoms. The third-order valence-electron chi connectivity index (χ3n) is 6.79. The van der Waals surface area contributed by atoms with Gasteiger partial charge in [-0.1, -0.05) is 44.7 Å². The standard InChI is InChI=1S/C23H35FN2O3S/c1-2-19-30(28,29)26-17-15-25(16-18-26)23(12-7-3-4-8-13-23)14-11-22(27)20-9-5-6-10-21(20)24/h5-6,9-10H,2-4,7-8,11-19H2,1H3. The highest BCUT2D eigenvalue weighted by Crippen LogP contribution is 2.37. The molecule has 1 aliphatic heterocycles. The van der Waals surface area contributed by atoms with Gasteiger partial charge in [-0.15, -0.1) is 0 Å². The smallest absolute Gasteiger partial charge is 0.214 e. The molecule has 1 saturated heterocycles. The summed E-state index contributed by atoms with van der Waals surface area (Å²) < 4.78 is 40.5. The molecule has 3 rings (SSSR count). The van der Waals surface area contributed by atoms with Crippen LogP contribution >= 0.6 is 0 Å². The van der Waals surface area contributed by atoms with Crippen LogP contribution in [0.25, 0.3) is 0 Å². The minimum Gasteiger partial charge on any atom is -0.295 e. The molecule has 1 saturated carbocycles. The maximum Gasteiger partial charge on any atom is 0.214 e. The first-order chi connectivity index (χ1) is 14.4. The van der Waals surface area contributed by atoms with Crippen LogP contribution in [0, 0.1) is 5.82 Å². The Morgan fingerprint density at radius 1 is 1.03 bits per heavy atom. The Balaban J connectivity index is 1.70. The third-order valence-corrected chi connectivity index (χ3v) is 8.87. The molecule has 0 amide bonds. The first kappa shape index (κ1) is 23.4. The lowest BCUT2D eigenvalue weighted by molar-refractivity contribution is 0.0320. The highest BCUT2D eigenvalue weighted by Gasteiger charge is 2.40. The molecule has 2 aliphatic rings. The van der Waals surface area contributed by atoms with Gasteiger partial charge in [0.05, 0.1) is 11.3 Å². The van der Waals surface area contributed by atoms with Gasteiger partial charge in [0, 0.05) is 38.1 Å². The SMILES string of the molecule is CCCS(=O)(=O)N1CCN(C2(CCC(=O)c3ccccc3F)CCCCCC2)CC1. The van der Waals surface area contributed by atoms with Gasteiger partial charge in [0.1, 0.15) is 5.82 Å². The summed E-state index contributed by atoms with van der Waals surface area (Å²) in [5.41, 5.74) is 0.0923. The second-order valence-electron chi connectivity index (χ2n) is 8.74. The fourth-order valence-corrected chi connectivity index (χ4v) is 6.60. The molecule has 2 fully saturated rings. The molecule has 7 heteroatoms. The van der Waals surface area contributed by atoms with E-state index in [1.165, 1.54) is 18.9 Å². The first-order valence-corrected chi connectivity index (χ1v) is 13.0. The average molecular weight is 439 g/mol. The molecule has 1 heterocycles. The van der Waals surface area contributed by atoms with Crippen molar-refractivity contribution in [2.24, 2.45) is 0 Å². The zero-order valence-corrected chi connectivity index (χ0v) is 18.9. The van der Waals surface area contributed by atoms with Crippen molar-refractivity contribution in [2.45, 2.75) is 70.3 Å². The Morgan fingerprint density at radius 2 is 1.67 bits per heavy atom. The van der Waals surface area contributed by atoms with Crippen LogP contribution in [0.4, 0.5) is 4.39 Å². The van der Waals surface area contributed by atoms with Crippen LogP contribution in [0.15, 0.2) is 24.3 Å². The zero-order valence-electron chi connectivity index (χ0n) is 18.1. The van der Waals surface area contributed by atoms with Crippen molar-refractivity contribution in [1.29, 1.82) is 0 Å². The number of piperazine rings is 1. The van der Waals surface area contributed by atoms with Gasteiger partial charge in [0.2, 0.25) is 10.0 Å². The van der Waals surface area contributed by atoms with Crippen LogP contribution in [0.2, 0.25) is 0 Å². The second kappa shape index (κ2) is 10.3. The lowest BCUT2D eigenvalue weighted by Crippen LogP contribution is -2.58. The lowest BCUT2D eigenvalue weighted by Gasteiger charge is -2.48. The number of sulfonamides is 1. The molecular weight excluding hydrogens is 403 g/mol. The number of hydrogen-bond acceptors (Lipinski definition) is 4. The number of halogens is 1. The number of carbonyl (C=O) groups excluding carboxylic acids is 1. The molecule has 0 N–H and O–H groups in total. The van der Waals surface area contributed by atoms with Gasteiger partial charge in [0.15, 0.2) is 5.78 Å². The van der Waals surface area contributed by atoms with Gasteiger partial charge >= 0.3 is 0 Å². The summed E-state index contributed by atoms with van der Waals surface area (Å²) in [7, 11) is -3.17. The number of benzene rings is 1. The van der Waals surface area contributed by atoms with Crippen LogP contribution in [-0.2, 0) is 10.0 Å². The summed E-state index contributed by atoms with van der Waals surface area (Å²) in [5, 5.41) is 0. The average Bonchev–Trinajstić information content (AvgIpc) is 2.99. The number of carbonyl (C=O) groups is 1. The molecule has 1 aliphatic carbocycles. The highest BCUT2D eigenvalue weighted by molar-refractivity contribution is 7.89. The van der Waals surface area contributed by atoms with Crippen molar-refractivity contribution in [3.8, 4) is 0 Å². The normalized spacial score (nSPS) is 21.3. The second-order valence-corrected chi connectivity index (χ2v) is 10.8. The predicted octanol–water partition coefficient (Wildman–Crippen LogP) is 4.24. The predicted molar refractivity (Wildman–Crippen MR) is 118 cm³/mol. The van der Waals surface area contributed by atoms with Crippen LogP contribution in [0.3, 0.4) is 0 Å². The molecule has 168 valence electrons. The molecule has 5 nitrogen and oxygen atoms in total. The lowest BCUT2D eigenvalue weighted by atomic mass is 9.82. The molecular formula is C23H35FN2O3S. The van der Waals surface area contributed by atoms with Gasteiger partial charge in [-0.05, 0) is 37.8 Å². The van der Waals surface area contributed by atoms with E-state index in [2.05, 4.69) is 4.90 Å². The summed E-state index contributed by atoms with van der Waals surface area (Å²) in [4.78, 5) is 15.2. The summed E-state index contributed by atoms with van der Waals surface area (Å²) in [5.74, 6) is -0.386. The molecule has 0 unspecified atom stereocenters. The Labute approximate surface area is 180 Å². The van der Waals surface area contributed by atoms with E-state index in [-0.39, 0.29) is 22.6 Å². The number of rotatable bonds is 8. The third kappa shape index (κ3) is 5.48. The number of hydrogen-bond donors (Lipinski definition) is 0. The van der Waals surface area contributed by atoms with Gasteiger partial charge in [-0.2, -0.15) is 4.31 Å². The van der Waals surface area contributed by atoms with Crippen molar-refractivity contribution in [3.63, 3.8) is 0 Å². The van der Waals surface area contributed by atoms with E-state index in [9.17, 15) is 17.6 Å². The van der Waals surface area contributed by atoms with Crippen LogP contribution in [0.5, 0.6) is 0 Å². The van der Waals surface area contributed by atoms with Crippen LogP contribution in [-0.4, -0.2) is 60.9 Å². The zero-order chi connectivity index (χ0) is 21.6. The summed E-state index contributed by atoms with van der Waals surface area (Å²) in [6.45, 7) is 4.34. The van der Waals surface area contributed by atoms with Crippen molar-refractivity contribution in [3.05, 3.63) is 35.6 Å². The maximum absolute atomic E-state index is 14.0. The Hall–Kier alpha value is -1.31. The van der Waals surface area contributed by atoms with Gasteiger partial charge in [0.25, 0.3) is 0 Å². The quantitative estimate of drug-likeness (QED) is 0.450. The Bertz CT molecular complexity index is 811. The maximum atomic E-state index is 14.0. The van der Waals surface area contributed by atoms with Crippen molar-refractivity contribution in [2.75, 3.05) is 31.9 Å². The number of ketones is 1. The fourth-order valence-electron chi connectivity index (χ4n) is 5.11. The number of nitrogens with zero attached hydrogens (tertiary/aromatic N) is 2. The highest BCUT2D eigenvalue weighted by atomic mass is 32.2. The molecule has 0 radical (unpaired) electrons. The van der Waals surface area contributed by atoms with Gasteiger partial charge in [-0.3, -0.25) is 9.69 Å². The van der Waals surface area contributed by atoms with E-state index in [0.717, 1.165) is 25.7 Å². The minimum absolute atomic E-state index is 0.0853. The van der Waals surface area contributed by atoms with E-state index in [1.54, 1.807) is 22.5 Å². The minimum atomic E-state index is -3.17. The van der Waals surface area contributed by atoms with E-state index in [4.69, 9.17) is 0 Å². The molecule has 1 aromatic carbocycles. The summed E-state index contributed by atoms with van der Waals surface area (Å²) >= 11 is 0. The van der Waals surface area contributed by atoms with Crippen molar-refractivity contribution >= 4 is 15.8 Å². The van der Waals surface area contributed by atoms with Gasteiger partial charge in [-0.25, -0.2) is 12.8 Å². The topological polar surface area (TPSA) is 57.7 Å². The van der Waals surface area contributed by atoms with Crippen LogP contribution < -0.4 is 0 Å². The Morgan fingerprint density at radius 3 is 2.27 bits per heavy atom. The van der Waals surface area contributed by atoms with Gasteiger partial charge < -0.3 is 0 Å². The molecule has 1 aromatic rings. The fraction of sp³-hybridized carbons (Fsp3) is 0.696. The molecule has 0 spiro atoms. The monoisotopic (exact) mass is 438 g/mol. The Kier molecular flexibility index (Phi) is 8.04. The summed E-state index contributed by atoms with van der Waals surface area (Å²) in [6.07, 6.45) is 8.38. The van der Waals surface area contributed by atoms with E-state index in [1.807, 2.05) is 6.92 Å². The first-order valence-electron chi connectivity index (χ1n) is 11.4. The van der Waals surface area contributed by atoms with Crippen molar-refractivity contribution in [1.82, 2.24) is 9.21 Å². The molecule has 0 aromatic heterocycles. The van der Waals surface area contributed by atoms with E-state index >= 15 is 0 Å². The van der Waals surface area contributed by atoms with E-state index < -0.39 is 15.8 Å². The molecule has 0 atom stereocenters. The molecule has 0 bridgehead atoms. The summed E-state index contributed by atoms with van der Waals surface area (Å²) in [6, 6.07) is 6.21. The van der Waals surface area contributed by atoms with E-state index in [0.29, 0.717) is 45.4 Å².